The average molecular weight is 206 g/mol. The summed E-state index contributed by atoms with van der Waals surface area (Å²) in [6.45, 7) is 1.92. The van der Waals surface area contributed by atoms with Crippen molar-refractivity contribution in [1.82, 2.24) is 0 Å². The van der Waals surface area contributed by atoms with Crippen molar-refractivity contribution in [3.63, 3.8) is 0 Å². The van der Waals surface area contributed by atoms with Crippen molar-refractivity contribution in [3.8, 4) is 5.75 Å². The second-order valence-corrected chi connectivity index (χ2v) is 2.47. The molecule has 10 heavy (non-hydrogen) atoms. The number of hydrogen-bond acceptors (Lipinski definition) is 2. The Kier molecular flexibility index (Phi) is 3.99. The molecule has 0 unspecified atom stereocenters. The van der Waals surface area contributed by atoms with E-state index in [1.54, 1.807) is 12.1 Å². The van der Waals surface area contributed by atoms with Gasteiger partial charge < -0.3 is 5.11 Å². The SMILES string of the molecule is Cc1ccc(S)c(O)c1.[Zn+2]. The molecule has 0 aliphatic heterocycles. The van der Waals surface area contributed by atoms with E-state index >= 15 is 0 Å². The fraction of sp³-hybridized carbons (Fsp3) is 0.143. The van der Waals surface area contributed by atoms with Gasteiger partial charge in [0, 0.05) is 4.90 Å². The molecule has 1 nitrogen and oxygen atoms in total. The molecule has 1 aromatic carbocycles. The van der Waals surface area contributed by atoms with Crippen LogP contribution >= 0.6 is 12.6 Å². The van der Waals surface area contributed by atoms with Crippen LogP contribution in [0.15, 0.2) is 23.1 Å². The molecule has 3 heteroatoms. The molecule has 1 rings (SSSR count). The van der Waals surface area contributed by atoms with Gasteiger partial charge in [-0.3, -0.25) is 0 Å². The Balaban J connectivity index is 0.000000810. The van der Waals surface area contributed by atoms with Gasteiger partial charge in [-0.15, -0.1) is 12.6 Å². The zero-order valence-electron chi connectivity index (χ0n) is 5.83. The van der Waals surface area contributed by atoms with Crippen molar-refractivity contribution < 1.29 is 24.6 Å². The van der Waals surface area contributed by atoms with Crippen LogP contribution in [0, 0.1) is 6.92 Å². The van der Waals surface area contributed by atoms with Crippen LogP contribution in [0.2, 0.25) is 0 Å². The molecule has 0 radical (unpaired) electrons. The summed E-state index contributed by atoms with van der Waals surface area (Å²) in [5, 5.41) is 9.02. The number of aryl methyl sites for hydroxylation is 1. The molecule has 0 atom stereocenters. The van der Waals surface area contributed by atoms with Crippen molar-refractivity contribution in [1.29, 1.82) is 0 Å². The van der Waals surface area contributed by atoms with E-state index in [1.807, 2.05) is 13.0 Å². The standard InChI is InChI=1S/C7H8OS.Zn/c1-5-2-3-7(9)6(8)4-5;/h2-4,8-9H,1H3;/q;+2. The molecule has 0 bridgehead atoms. The molecule has 1 N–H and O–H groups in total. The number of hydrogen-bond donors (Lipinski definition) is 2. The van der Waals surface area contributed by atoms with E-state index in [4.69, 9.17) is 5.11 Å². The maximum atomic E-state index is 9.02. The second kappa shape index (κ2) is 3.99. The monoisotopic (exact) mass is 204 g/mol. The summed E-state index contributed by atoms with van der Waals surface area (Å²) in [5.74, 6) is 0.248. The summed E-state index contributed by atoms with van der Waals surface area (Å²) < 4.78 is 0. The Bertz CT molecular complexity index is 225. The Hall–Kier alpha value is -0.00662. The molecule has 0 aromatic heterocycles. The molecule has 0 amide bonds. The normalized spacial score (nSPS) is 8.60. The van der Waals surface area contributed by atoms with E-state index in [-0.39, 0.29) is 25.2 Å². The molecule has 1 aromatic rings. The van der Waals surface area contributed by atoms with Crippen molar-refractivity contribution in [2.24, 2.45) is 0 Å². The Morgan fingerprint density at radius 1 is 1.40 bits per heavy atom. The summed E-state index contributed by atoms with van der Waals surface area (Å²) in [4.78, 5) is 0.626. The van der Waals surface area contributed by atoms with Crippen molar-refractivity contribution in [3.05, 3.63) is 23.8 Å². The number of benzene rings is 1. The third-order valence-electron chi connectivity index (χ3n) is 1.13. The minimum Gasteiger partial charge on any atom is -0.507 e. The minimum atomic E-state index is 0. The predicted molar refractivity (Wildman–Crippen MR) is 40.1 cm³/mol. The van der Waals surface area contributed by atoms with Gasteiger partial charge in [-0.05, 0) is 24.6 Å². The zero-order chi connectivity index (χ0) is 6.85. The van der Waals surface area contributed by atoms with Gasteiger partial charge in [0.15, 0.2) is 0 Å². The summed E-state index contributed by atoms with van der Waals surface area (Å²) >= 11 is 4.00. The summed E-state index contributed by atoms with van der Waals surface area (Å²) in [5.41, 5.74) is 1.05. The Morgan fingerprint density at radius 2 is 2.00 bits per heavy atom. The molecule has 0 aliphatic carbocycles. The fourth-order valence-corrected chi connectivity index (χ4v) is 0.773. The molecule has 48 valence electrons. The van der Waals surface area contributed by atoms with Gasteiger partial charge in [0.2, 0.25) is 0 Å². The first-order valence-electron chi connectivity index (χ1n) is 2.69. The second-order valence-electron chi connectivity index (χ2n) is 1.99. The maximum absolute atomic E-state index is 9.02. The van der Waals surface area contributed by atoms with Crippen molar-refractivity contribution in [2.45, 2.75) is 11.8 Å². The van der Waals surface area contributed by atoms with E-state index in [9.17, 15) is 0 Å². The van der Waals surface area contributed by atoms with E-state index in [0.717, 1.165) is 5.56 Å². The van der Waals surface area contributed by atoms with Crippen molar-refractivity contribution >= 4 is 12.6 Å². The Morgan fingerprint density at radius 3 is 2.40 bits per heavy atom. The average Bonchev–Trinajstić information content (AvgIpc) is 1.80. The molecular formula is C7H8OSZn+2. The molecule has 0 saturated carbocycles. The first-order chi connectivity index (χ1) is 4.20. The summed E-state index contributed by atoms with van der Waals surface area (Å²) in [6.07, 6.45) is 0. The van der Waals surface area contributed by atoms with Crippen LogP contribution in [-0.4, -0.2) is 5.11 Å². The van der Waals surface area contributed by atoms with Gasteiger partial charge in [-0.2, -0.15) is 0 Å². The smallest absolute Gasteiger partial charge is 0.507 e. The van der Waals surface area contributed by atoms with E-state index in [2.05, 4.69) is 12.6 Å². The summed E-state index contributed by atoms with van der Waals surface area (Å²) in [7, 11) is 0. The van der Waals surface area contributed by atoms with Crippen LogP contribution in [0.3, 0.4) is 0 Å². The topological polar surface area (TPSA) is 20.2 Å². The number of phenolic OH excluding ortho intramolecular Hbond substituents is 1. The fourth-order valence-electron chi connectivity index (χ4n) is 0.633. The van der Waals surface area contributed by atoms with Gasteiger partial charge in [-0.25, -0.2) is 0 Å². The number of aromatic hydroxyl groups is 1. The zero-order valence-corrected chi connectivity index (χ0v) is 9.70. The van der Waals surface area contributed by atoms with E-state index in [1.165, 1.54) is 0 Å². The van der Waals surface area contributed by atoms with Crippen molar-refractivity contribution in [2.75, 3.05) is 0 Å². The van der Waals surface area contributed by atoms with Crippen LogP contribution in [0.25, 0.3) is 0 Å². The van der Waals surface area contributed by atoms with Crippen LogP contribution in [-0.2, 0) is 19.5 Å². The molecular weight excluding hydrogens is 198 g/mol. The molecule has 0 spiro atoms. The van der Waals surface area contributed by atoms with Crippen LogP contribution < -0.4 is 0 Å². The first-order valence-corrected chi connectivity index (χ1v) is 3.13. The number of thiol groups is 1. The van der Waals surface area contributed by atoms with Gasteiger partial charge >= 0.3 is 19.5 Å². The predicted octanol–water partition coefficient (Wildman–Crippen LogP) is 1.99. The third-order valence-corrected chi connectivity index (χ3v) is 1.51. The minimum absolute atomic E-state index is 0. The molecule has 0 heterocycles. The quantitative estimate of drug-likeness (QED) is 0.490. The van der Waals surface area contributed by atoms with Gasteiger partial charge in [-0.1, -0.05) is 6.07 Å². The first kappa shape index (κ1) is 9.99. The van der Waals surface area contributed by atoms with Gasteiger partial charge in [0.25, 0.3) is 0 Å². The third kappa shape index (κ3) is 2.32. The Labute approximate surface area is 78.6 Å². The van der Waals surface area contributed by atoms with Gasteiger partial charge in [0.05, 0.1) is 0 Å². The molecule has 0 fully saturated rings. The molecule has 0 aliphatic rings. The number of phenols is 1. The largest absolute Gasteiger partial charge is 2.00 e. The van der Waals surface area contributed by atoms with E-state index < -0.39 is 0 Å². The van der Waals surface area contributed by atoms with Crippen LogP contribution in [0.5, 0.6) is 5.75 Å². The van der Waals surface area contributed by atoms with E-state index in [0.29, 0.717) is 4.90 Å². The van der Waals surface area contributed by atoms with Gasteiger partial charge in [0.1, 0.15) is 5.75 Å². The van der Waals surface area contributed by atoms with Crippen LogP contribution in [0.1, 0.15) is 5.56 Å². The summed E-state index contributed by atoms with van der Waals surface area (Å²) in [6, 6.07) is 5.36. The molecule has 0 saturated heterocycles. The van der Waals surface area contributed by atoms with Crippen LogP contribution in [0.4, 0.5) is 0 Å². The number of rotatable bonds is 0. The maximum Gasteiger partial charge on any atom is 2.00 e.